The fourth-order valence-corrected chi connectivity index (χ4v) is 4.89. The number of anilines is 1. The Labute approximate surface area is 269 Å². The zero-order valence-electron chi connectivity index (χ0n) is 26.7. The number of ether oxygens (including phenoxy) is 1. The number of amides is 4. The van der Waals surface area contributed by atoms with E-state index in [9.17, 15) is 29.1 Å². The summed E-state index contributed by atoms with van der Waals surface area (Å²) < 4.78 is 5.30. The number of alkyl carbamates (subject to hydrolysis) is 1. The van der Waals surface area contributed by atoms with Crippen molar-refractivity contribution in [2.75, 3.05) is 5.32 Å². The number of carboxylic acids is 1. The standard InChI is InChI=1S/C35H44N4O7/c1-22(2)18-29(38-34(44)30(19-23(3)4)39-35(45)46-21-24-10-6-5-7-11-24)33(43)37-28(16-17-31(40)41)32(42)36-27-15-14-25-12-8-9-13-26(25)20-27/h5-15,20,22-23,28-30H,16-19,21H2,1-4H3,(H,36,42)(H,37,43)(H,38,44)(H,39,45)(H,40,41)/t28-,29+,30-/m0/s1. The van der Waals surface area contributed by atoms with Gasteiger partial charge in [0.1, 0.15) is 24.7 Å². The molecular formula is C35H44N4O7. The number of carbonyl (C=O) groups excluding carboxylic acids is 4. The molecule has 11 nitrogen and oxygen atoms in total. The molecule has 5 N–H and O–H groups in total. The van der Waals surface area contributed by atoms with Crippen molar-refractivity contribution in [2.24, 2.45) is 11.8 Å². The van der Waals surface area contributed by atoms with E-state index < -0.39 is 47.9 Å². The van der Waals surface area contributed by atoms with Crippen LogP contribution in [0.2, 0.25) is 0 Å². The molecule has 246 valence electrons. The number of benzene rings is 3. The number of hydrogen-bond donors (Lipinski definition) is 5. The van der Waals surface area contributed by atoms with E-state index in [0.717, 1.165) is 16.3 Å². The van der Waals surface area contributed by atoms with Crippen LogP contribution in [-0.4, -0.2) is 53.0 Å². The average Bonchev–Trinajstić information content (AvgIpc) is 3.01. The minimum Gasteiger partial charge on any atom is -0.481 e. The first-order valence-corrected chi connectivity index (χ1v) is 15.5. The molecule has 0 unspecified atom stereocenters. The number of rotatable bonds is 16. The summed E-state index contributed by atoms with van der Waals surface area (Å²) in [7, 11) is 0. The molecule has 0 heterocycles. The Kier molecular flexibility index (Phi) is 13.5. The first-order chi connectivity index (χ1) is 21.9. The Balaban J connectivity index is 1.71. The van der Waals surface area contributed by atoms with E-state index >= 15 is 0 Å². The Morgan fingerprint density at radius 2 is 1.24 bits per heavy atom. The topological polar surface area (TPSA) is 163 Å². The third kappa shape index (κ3) is 11.9. The fraction of sp³-hybridized carbons (Fsp3) is 0.400. The summed E-state index contributed by atoms with van der Waals surface area (Å²) in [5.74, 6) is -2.91. The van der Waals surface area contributed by atoms with Gasteiger partial charge in [0, 0.05) is 12.1 Å². The second kappa shape index (κ2) is 17.5. The lowest BCUT2D eigenvalue weighted by atomic mass is 9.99. The van der Waals surface area contributed by atoms with Crippen LogP contribution >= 0.6 is 0 Å². The van der Waals surface area contributed by atoms with E-state index in [1.165, 1.54) is 0 Å². The van der Waals surface area contributed by atoms with Crippen LogP contribution in [-0.2, 0) is 30.5 Å². The van der Waals surface area contributed by atoms with Crippen LogP contribution in [0.25, 0.3) is 10.8 Å². The second-order valence-electron chi connectivity index (χ2n) is 12.1. The number of carbonyl (C=O) groups is 5. The van der Waals surface area contributed by atoms with Crippen LogP contribution in [0.3, 0.4) is 0 Å². The third-order valence-electron chi connectivity index (χ3n) is 7.17. The molecule has 3 aromatic rings. The molecule has 3 atom stereocenters. The normalized spacial score (nSPS) is 13.0. The summed E-state index contributed by atoms with van der Waals surface area (Å²) in [5.41, 5.74) is 1.28. The Morgan fingerprint density at radius 3 is 1.85 bits per heavy atom. The van der Waals surface area contributed by atoms with Gasteiger partial charge in [-0.1, -0.05) is 88.4 Å². The number of nitrogens with one attached hydrogen (secondary N) is 4. The summed E-state index contributed by atoms with van der Waals surface area (Å²) in [4.78, 5) is 64.3. The van der Waals surface area contributed by atoms with Gasteiger partial charge in [-0.05, 0) is 59.6 Å². The zero-order chi connectivity index (χ0) is 33.6. The van der Waals surface area contributed by atoms with Crippen molar-refractivity contribution in [1.82, 2.24) is 16.0 Å². The quantitative estimate of drug-likeness (QED) is 0.148. The molecule has 0 aromatic heterocycles. The fourth-order valence-electron chi connectivity index (χ4n) is 4.89. The van der Waals surface area contributed by atoms with Crippen molar-refractivity contribution in [2.45, 2.75) is 78.1 Å². The maximum atomic E-state index is 13.6. The van der Waals surface area contributed by atoms with E-state index in [1.807, 2.05) is 88.4 Å². The largest absolute Gasteiger partial charge is 0.481 e. The van der Waals surface area contributed by atoms with Crippen LogP contribution in [0.1, 0.15) is 58.9 Å². The van der Waals surface area contributed by atoms with E-state index in [4.69, 9.17) is 4.74 Å². The van der Waals surface area contributed by atoms with Gasteiger partial charge < -0.3 is 31.1 Å². The molecule has 0 spiro atoms. The SMILES string of the molecule is CC(C)C[C@H](NC(=O)OCc1ccccc1)C(=O)N[C@H](CC(C)C)C(=O)N[C@@H](CCC(=O)O)C(=O)Nc1ccc2ccccc2c1. The Hall–Kier alpha value is -4.93. The molecule has 3 aromatic carbocycles. The summed E-state index contributed by atoms with van der Waals surface area (Å²) in [5, 5.41) is 22.0. The number of fused-ring (bicyclic) bond motifs is 1. The van der Waals surface area contributed by atoms with Crippen molar-refractivity contribution in [3.8, 4) is 0 Å². The number of carboxylic acid groups (broad SMARTS) is 1. The van der Waals surface area contributed by atoms with Gasteiger partial charge in [0.2, 0.25) is 17.7 Å². The predicted molar refractivity (Wildman–Crippen MR) is 176 cm³/mol. The van der Waals surface area contributed by atoms with Gasteiger partial charge >= 0.3 is 12.1 Å². The smallest absolute Gasteiger partial charge is 0.408 e. The lowest BCUT2D eigenvalue weighted by molar-refractivity contribution is -0.137. The highest BCUT2D eigenvalue weighted by molar-refractivity contribution is 6.00. The molecule has 4 amide bonds. The highest BCUT2D eigenvalue weighted by Gasteiger charge is 2.31. The Morgan fingerprint density at radius 1 is 0.674 bits per heavy atom. The van der Waals surface area contributed by atoms with Crippen molar-refractivity contribution in [1.29, 1.82) is 0 Å². The minimum atomic E-state index is -1.18. The summed E-state index contributed by atoms with van der Waals surface area (Å²) >= 11 is 0. The molecule has 0 fully saturated rings. The lowest BCUT2D eigenvalue weighted by Crippen LogP contribution is -2.56. The molecule has 3 rings (SSSR count). The molecule has 0 radical (unpaired) electrons. The highest BCUT2D eigenvalue weighted by atomic mass is 16.5. The molecule has 0 aliphatic rings. The summed E-state index contributed by atoms with van der Waals surface area (Å²) in [6.45, 7) is 7.59. The van der Waals surface area contributed by atoms with E-state index in [0.29, 0.717) is 5.69 Å². The minimum absolute atomic E-state index is 0.0210. The van der Waals surface area contributed by atoms with Crippen molar-refractivity contribution in [3.05, 3.63) is 78.4 Å². The number of aliphatic carboxylic acids is 1. The monoisotopic (exact) mass is 632 g/mol. The maximum Gasteiger partial charge on any atom is 0.408 e. The predicted octanol–water partition coefficient (Wildman–Crippen LogP) is 5.00. The van der Waals surface area contributed by atoms with Crippen LogP contribution < -0.4 is 21.3 Å². The van der Waals surface area contributed by atoms with Gasteiger partial charge in [-0.15, -0.1) is 0 Å². The molecule has 0 bridgehead atoms. The maximum absolute atomic E-state index is 13.6. The van der Waals surface area contributed by atoms with Crippen LogP contribution in [0.5, 0.6) is 0 Å². The van der Waals surface area contributed by atoms with Crippen LogP contribution in [0.15, 0.2) is 72.8 Å². The number of hydrogen-bond acceptors (Lipinski definition) is 6. The van der Waals surface area contributed by atoms with Gasteiger partial charge in [-0.2, -0.15) is 0 Å². The third-order valence-corrected chi connectivity index (χ3v) is 7.17. The van der Waals surface area contributed by atoms with Gasteiger partial charge in [0.05, 0.1) is 0 Å². The summed E-state index contributed by atoms with van der Waals surface area (Å²) in [6, 6.07) is 18.9. The molecule has 0 aliphatic carbocycles. The Bertz CT molecular complexity index is 1490. The van der Waals surface area contributed by atoms with E-state index in [1.54, 1.807) is 12.1 Å². The average molecular weight is 633 g/mol. The molecule has 0 aliphatic heterocycles. The van der Waals surface area contributed by atoms with Gasteiger partial charge in [0.15, 0.2) is 0 Å². The molecule has 0 saturated heterocycles. The summed E-state index contributed by atoms with van der Waals surface area (Å²) in [6.07, 6.45) is -0.759. The van der Waals surface area contributed by atoms with E-state index in [-0.39, 0.29) is 44.1 Å². The molecule has 46 heavy (non-hydrogen) atoms. The van der Waals surface area contributed by atoms with Crippen molar-refractivity contribution in [3.63, 3.8) is 0 Å². The first-order valence-electron chi connectivity index (χ1n) is 15.5. The van der Waals surface area contributed by atoms with Crippen molar-refractivity contribution < 1.29 is 33.8 Å². The van der Waals surface area contributed by atoms with Gasteiger partial charge in [0.25, 0.3) is 0 Å². The van der Waals surface area contributed by atoms with Crippen molar-refractivity contribution >= 4 is 46.2 Å². The van der Waals surface area contributed by atoms with Gasteiger partial charge in [-0.3, -0.25) is 19.2 Å². The second-order valence-corrected chi connectivity index (χ2v) is 12.1. The molecule has 0 saturated carbocycles. The first kappa shape index (κ1) is 35.5. The molecule has 11 heteroatoms. The van der Waals surface area contributed by atoms with Gasteiger partial charge in [-0.25, -0.2) is 4.79 Å². The molecular weight excluding hydrogens is 588 g/mol. The van der Waals surface area contributed by atoms with Crippen LogP contribution in [0, 0.1) is 11.8 Å². The zero-order valence-corrected chi connectivity index (χ0v) is 26.7. The van der Waals surface area contributed by atoms with Crippen LogP contribution in [0.4, 0.5) is 10.5 Å². The highest BCUT2D eigenvalue weighted by Crippen LogP contribution is 2.19. The van der Waals surface area contributed by atoms with E-state index in [2.05, 4.69) is 21.3 Å². The lowest BCUT2D eigenvalue weighted by Gasteiger charge is -2.26.